The number of hydrogen-bond acceptors (Lipinski definition) is 1. The average molecular weight is 170 g/mol. The molecule has 2 atom stereocenters. The van der Waals surface area contributed by atoms with Crippen LogP contribution in [0.15, 0.2) is 0 Å². The lowest BCUT2D eigenvalue weighted by atomic mass is 9.75. The zero-order chi connectivity index (χ0) is 9.35. The molecule has 0 heterocycles. The van der Waals surface area contributed by atoms with Gasteiger partial charge in [0, 0.05) is 0 Å². The fourth-order valence-corrected chi connectivity index (χ4v) is 2.30. The van der Waals surface area contributed by atoms with Crippen LogP contribution in [0.2, 0.25) is 0 Å². The van der Waals surface area contributed by atoms with Crippen molar-refractivity contribution in [2.75, 3.05) is 0 Å². The van der Waals surface area contributed by atoms with E-state index in [4.69, 9.17) is 5.11 Å². The maximum absolute atomic E-state index is 11.1. The van der Waals surface area contributed by atoms with E-state index in [0.29, 0.717) is 5.92 Å². The van der Waals surface area contributed by atoms with Crippen molar-refractivity contribution in [2.24, 2.45) is 17.3 Å². The highest BCUT2D eigenvalue weighted by Crippen LogP contribution is 2.47. The summed E-state index contributed by atoms with van der Waals surface area (Å²) >= 11 is 0. The Morgan fingerprint density at radius 2 is 2.17 bits per heavy atom. The van der Waals surface area contributed by atoms with Crippen LogP contribution < -0.4 is 0 Å². The fourth-order valence-electron chi connectivity index (χ4n) is 2.30. The maximum atomic E-state index is 11.1. The van der Waals surface area contributed by atoms with Gasteiger partial charge in [0.25, 0.3) is 0 Å². The van der Waals surface area contributed by atoms with Gasteiger partial charge in [-0.05, 0) is 31.1 Å². The second-order valence-corrected chi connectivity index (χ2v) is 4.46. The summed E-state index contributed by atoms with van der Waals surface area (Å²) in [4.78, 5) is 11.1. The molecule has 12 heavy (non-hydrogen) atoms. The van der Waals surface area contributed by atoms with E-state index < -0.39 is 11.4 Å². The quantitative estimate of drug-likeness (QED) is 0.691. The van der Waals surface area contributed by atoms with E-state index in [1.807, 2.05) is 13.8 Å². The molecule has 1 N–H and O–H groups in total. The molecule has 1 rings (SSSR count). The first-order chi connectivity index (χ1) is 5.49. The van der Waals surface area contributed by atoms with Crippen molar-refractivity contribution in [2.45, 2.75) is 40.0 Å². The van der Waals surface area contributed by atoms with Gasteiger partial charge in [-0.25, -0.2) is 0 Å². The van der Waals surface area contributed by atoms with Crippen molar-refractivity contribution in [3.05, 3.63) is 0 Å². The Kier molecular flexibility index (Phi) is 2.45. The number of hydrogen-bond donors (Lipinski definition) is 1. The molecule has 0 spiro atoms. The zero-order valence-corrected chi connectivity index (χ0v) is 8.13. The van der Waals surface area contributed by atoms with Crippen LogP contribution >= 0.6 is 0 Å². The molecule has 0 aromatic heterocycles. The summed E-state index contributed by atoms with van der Waals surface area (Å²) in [5.41, 5.74) is -0.417. The number of carboxylic acid groups (broad SMARTS) is 1. The van der Waals surface area contributed by atoms with Crippen LogP contribution in [-0.4, -0.2) is 11.1 Å². The Bertz CT molecular complexity index is 186. The molecule has 2 unspecified atom stereocenters. The smallest absolute Gasteiger partial charge is 0.309 e. The second kappa shape index (κ2) is 3.08. The highest BCUT2D eigenvalue weighted by Gasteiger charge is 2.46. The molecule has 0 radical (unpaired) electrons. The summed E-state index contributed by atoms with van der Waals surface area (Å²) in [6.07, 6.45) is 2.80. The summed E-state index contributed by atoms with van der Waals surface area (Å²) in [5, 5.41) is 9.15. The molecule has 1 saturated carbocycles. The van der Waals surface area contributed by atoms with E-state index >= 15 is 0 Å². The third-order valence-electron chi connectivity index (χ3n) is 3.33. The van der Waals surface area contributed by atoms with Gasteiger partial charge in [0.15, 0.2) is 0 Å². The molecule has 1 aliphatic rings. The van der Waals surface area contributed by atoms with Crippen molar-refractivity contribution in [3.63, 3.8) is 0 Å². The Morgan fingerprint density at radius 3 is 2.33 bits per heavy atom. The van der Waals surface area contributed by atoms with Crippen molar-refractivity contribution < 1.29 is 9.90 Å². The molecule has 70 valence electrons. The third-order valence-corrected chi connectivity index (χ3v) is 3.33. The van der Waals surface area contributed by atoms with E-state index in [9.17, 15) is 4.79 Å². The van der Waals surface area contributed by atoms with Gasteiger partial charge in [0.05, 0.1) is 5.41 Å². The first kappa shape index (κ1) is 9.56. The molecule has 0 aromatic carbocycles. The van der Waals surface area contributed by atoms with Crippen LogP contribution in [0.5, 0.6) is 0 Å². The minimum Gasteiger partial charge on any atom is -0.481 e. The van der Waals surface area contributed by atoms with Crippen LogP contribution in [-0.2, 0) is 4.79 Å². The number of rotatable bonds is 2. The molecule has 0 aromatic rings. The van der Waals surface area contributed by atoms with Gasteiger partial charge >= 0.3 is 5.97 Å². The fraction of sp³-hybridized carbons (Fsp3) is 0.900. The van der Waals surface area contributed by atoms with Crippen molar-refractivity contribution in [1.29, 1.82) is 0 Å². The first-order valence-corrected chi connectivity index (χ1v) is 4.72. The molecule has 1 aliphatic carbocycles. The van der Waals surface area contributed by atoms with Crippen molar-refractivity contribution in [3.8, 4) is 0 Å². The molecule has 0 saturated heterocycles. The lowest BCUT2D eigenvalue weighted by Crippen LogP contribution is -2.33. The Labute approximate surface area is 74.0 Å². The van der Waals surface area contributed by atoms with Gasteiger partial charge in [-0.1, -0.05) is 20.8 Å². The van der Waals surface area contributed by atoms with Crippen LogP contribution in [0.1, 0.15) is 40.0 Å². The minimum atomic E-state index is -0.596. The van der Waals surface area contributed by atoms with E-state index in [0.717, 1.165) is 19.3 Å². The predicted molar refractivity (Wildman–Crippen MR) is 47.9 cm³/mol. The zero-order valence-electron chi connectivity index (χ0n) is 8.13. The second-order valence-electron chi connectivity index (χ2n) is 4.46. The monoisotopic (exact) mass is 170 g/mol. The van der Waals surface area contributed by atoms with Crippen molar-refractivity contribution in [1.82, 2.24) is 0 Å². The Hall–Kier alpha value is -0.530. The van der Waals surface area contributed by atoms with Crippen LogP contribution in [0, 0.1) is 17.3 Å². The third kappa shape index (κ3) is 1.35. The largest absolute Gasteiger partial charge is 0.481 e. The average Bonchev–Trinajstić information content (AvgIpc) is 2.32. The lowest BCUT2D eigenvalue weighted by Gasteiger charge is -2.28. The first-order valence-electron chi connectivity index (χ1n) is 4.72. The normalized spacial score (nSPS) is 35.8. The van der Waals surface area contributed by atoms with Crippen LogP contribution in [0.4, 0.5) is 0 Å². The molecular weight excluding hydrogens is 152 g/mol. The highest BCUT2D eigenvalue weighted by atomic mass is 16.4. The van der Waals surface area contributed by atoms with Gasteiger partial charge in [-0.2, -0.15) is 0 Å². The predicted octanol–water partition coefficient (Wildman–Crippen LogP) is 2.53. The highest BCUT2D eigenvalue weighted by molar-refractivity contribution is 5.75. The van der Waals surface area contributed by atoms with E-state index in [2.05, 4.69) is 6.92 Å². The summed E-state index contributed by atoms with van der Waals surface area (Å²) in [5.74, 6) is 0.255. The van der Waals surface area contributed by atoms with Crippen LogP contribution in [0.3, 0.4) is 0 Å². The molecule has 1 fully saturated rings. The van der Waals surface area contributed by atoms with Gasteiger partial charge in [-0.3, -0.25) is 4.79 Å². The molecule has 0 aliphatic heterocycles. The van der Waals surface area contributed by atoms with Gasteiger partial charge < -0.3 is 5.11 Å². The molecule has 2 nitrogen and oxygen atoms in total. The molecule has 2 heteroatoms. The lowest BCUT2D eigenvalue weighted by molar-refractivity contribution is -0.151. The summed E-state index contributed by atoms with van der Waals surface area (Å²) in [7, 11) is 0. The summed E-state index contributed by atoms with van der Waals surface area (Å²) < 4.78 is 0. The summed E-state index contributed by atoms with van der Waals surface area (Å²) in [6, 6.07) is 0. The van der Waals surface area contributed by atoms with E-state index in [1.165, 1.54) is 0 Å². The topological polar surface area (TPSA) is 37.3 Å². The van der Waals surface area contributed by atoms with Gasteiger partial charge in [0.2, 0.25) is 0 Å². The molecule has 0 bridgehead atoms. The molecular formula is C10H18O2. The Balaban J connectivity index is 2.82. The Morgan fingerprint density at radius 1 is 1.58 bits per heavy atom. The van der Waals surface area contributed by atoms with Gasteiger partial charge in [-0.15, -0.1) is 0 Å². The van der Waals surface area contributed by atoms with Gasteiger partial charge in [0.1, 0.15) is 0 Å². The minimum absolute atomic E-state index is 0.264. The molecule has 0 amide bonds. The number of carboxylic acids is 1. The van der Waals surface area contributed by atoms with E-state index in [1.54, 1.807) is 0 Å². The SMILES string of the molecule is CC1CCC(C(=O)O)(C(C)C)C1. The van der Waals surface area contributed by atoms with Crippen molar-refractivity contribution >= 4 is 5.97 Å². The number of carbonyl (C=O) groups is 1. The number of aliphatic carboxylic acids is 1. The summed E-state index contributed by atoms with van der Waals surface area (Å²) in [6.45, 7) is 6.19. The van der Waals surface area contributed by atoms with E-state index in [-0.39, 0.29) is 5.92 Å². The standard InChI is InChI=1S/C10H18O2/c1-7(2)10(9(11)12)5-4-8(3)6-10/h7-8H,4-6H2,1-3H3,(H,11,12). The van der Waals surface area contributed by atoms with Crippen LogP contribution in [0.25, 0.3) is 0 Å². The maximum Gasteiger partial charge on any atom is 0.309 e.